The molecule has 1 atom stereocenters. The molecule has 6 nitrogen and oxygen atoms in total. The summed E-state index contributed by atoms with van der Waals surface area (Å²) in [7, 11) is -2.35. The molecule has 2 aromatic carbocycles. The number of ether oxygens (including phenoxy) is 1. The maximum Gasteiger partial charge on any atom is 0.338 e. The normalized spacial score (nSPS) is 18.1. The van der Waals surface area contributed by atoms with Crippen LogP contribution in [0.25, 0.3) is 0 Å². The van der Waals surface area contributed by atoms with Gasteiger partial charge in [0.1, 0.15) is 5.75 Å². The SMILES string of the molecule is COc1ccc(N2CCC(C)N(S(=O)(=O)c3ccc(C)cc3)C2=O)cc1. The van der Waals surface area contributed by atoms with Crippen molar-refractivity contribution < 1.29 is 17.9 Å². The smallest absolute Gasteiger partial charge is 0.338 e. The molecule has 26 heavy (non-hydrogen) atoms. The van der Waals surface area contributed by atoms with Crippen molar-refractivity contribution in [3.8, 4) is 5.75 Å². The summed E-state index contributed by atoms with van der Waals surface area (Å²) in [5.41, 5.74) is 1.61. The van der Waals surface area contributed by atoms with Crippen LogP contribution in [0.1, 0.15) is 18.9 Å². The third-order valence-electron chi connectivity index (χ3n) is 4.55. The molecule has 2 aromatic rings. The minimum atomic E-state index is -3.91. The van der Waals surface area contributed by atoms with Gasteiger partial charge in [0.05, 0.1) is 12.0 Å². The van der Waals surface area contributed by atoms with E-state index in [9.17, 15) is 13.2 Å². The lowest BCUT2D eigenvalue weighted by Gasteiger charge is -2.39. The monoisotopic (exact) mass is 374 g/mol. The molecule has 0 bridgehead atoms. The van der Waals surface area contributed by atoms with Crippen molar-refractivity contribution in [2.75, 3.05) is 18.6 Å². The molecule has 7 heteroatoms. The number of carbonyl (C=O) groups is 1. The van der Waals surface area contributed by atoms with Gasteiger partial charge in [0.25, 0.3) is 10.0 Å². The summed E-state index contributed by atoms with van der Waals surface area (Å²) in [5.74, 6) is 0.677. The maximum absolute atomic E-state index is 13.1. The second kappa shape index (κ2) is 6.99. The molecule has 0 aliphatic carbocycles. The number of anilines is 1. The molecule has 0 radical (unpaired) electrons. The van der Waals surface area contributed by atoms with Crippen molar-refractivity contribution in [2.24, 2.45) is 0 Å². The first-order valence-corrected chi connectivity index (χ1v) is 9.85. The fourth-order valence-corrected chi connectivity index (χ4v) is 4.59. The van der Waals surface area contributed by atoms with Gasteiger partial charge in [-0.3, -0.25) is 4.90 Å². The van der Waals surface area contributed by atoms with Gasteiger partial charge >= 0.3 is 6.03 Å². The van der Waals surface area contributed by atoms with Gasteiger partial charge in [-0.25, -0.2) is 17.5 Å². The molecule has 0 N–H and O–H groups in total. The standard InChI is InChI=1S/C19H22N2O4S/c1-14-4-10-18(11-5-14)26(23,24)21-15(2)12-13-20(19(21)22)16-6-8-17(25-3)9-7-16/h4-11,15H,12-13H2,1-3H3. The highest BCUT2D eigenvalue weighted by molar-refractivity contribution is 7.89. The number of nitrogens with zero attached hydrogens (tertiary/aromatic N) is 2. The highest BCUT2D eigenvalue weighted by Gasteiger charge is 2.40. The third kappa shape index (κ3) is 3.26. The molecule has 0 spiro atoms. The van der Waals surface area contributed by atoms with Crippen LogP contribution in [-0.4, -0.2) is 38.5 Å². The van der Waals surface area contributed by atoms with Gasteiger partial charge < -0.3 is 4.74 Å². The molecule has 1 heterocycles. The van der Waals surface area contributed by atoms with Gasteiger partial charge in [0, 0.05) is 18.3 Å². The number of urea groups is 1. The van der Waals surface area contributed by atoms with Crippen LogP contribution >= 0.6 is 0 Å². The van der Waals surface area contributed by atoms with Crippen LogP contribution < -0.4 is 9.64 Å². The number of hydrogen-bond acceptors (Lipinski definition) is 4. The Kier molecular flexibility index (Phi) is 4.91. The Morgan fingerprint density at radius 1 is 1.04 bits per heavy atom. The first-order chi connectivity index (χ1) is 12.3. The van der Waals surface area contributed by atoms with E-state index in [4.69, 9.17) is 4.74 Å². The van der Waals surface area contributed by atoms with E-state index >= 15 is 0 Å². The molecule has 2 amide bonds. The number of hydrogen-bond donors (Lipinski definition) is 0. The van der Waals surface area contributed by atoms with E-state index in [1.54, 1.807) is 50.4 Å². The highest BCUT2D eigenvalue weighted by Crippen LogP contribution is 2.29. The molecule has 0 saturated carbocycles. The Balaban J connectivity index is 1.95. The minimum Gasteiger partial charge on any atom is -0.497 e. The largest absolute Gasteiger partial charge is 0.497 e. The van der Waals surface area contributed by atoms with E-state index in [0.29, 0.717) is 24.4 Å². The van der Waals surface area contributed by atoms with E-state index in [1.165, 1.54) is 17.0 Å². The van der Waals surface area contributed by atoms with Crippen molar-refractivity contribution in [3.05, 3.63) is 54.1 Å². The maximum atomic E-state index is 13.1. The van der Waals surface area contributed by atoms with Gasteiger partial charge in [-0.15, -0.1) is 0 Å². The fourth-order valence-electron chi connectivity index (χ4n) is 3.00. The Hall–Kier alpha value is -2.54. The van der Waals surface area contributed by atoms with Crippen LogP contribution in [0.15, 0.2) is 53.4 Å². The molecule has 1 saturated heterocycles. The van der Waals surface area contributed by atoms with Crippen LogP contribution in [0.2, 0.25) is 0 Å². The molecule has 138 valence electrons. The number of methoxy groups -OCH3 is 1. The molecule has 0 aromatic heterocycles. The van der Waals surface area contributed by atoms with E-state index < -0.39 is 22.1 Å². The average molecular weight is 374 g/mol. The quantitative estimate of drug-likeness (QED) is 0.822. The van der Waals surface area contributed by atoms with Crippen LogP contribution in [0.3, 0.4) is 0 Å². The first-order valence-electron chi connectivity index (χ1n) is 8.41. The van der Waals surface area contributed by atoms with Crippen LogP contribution in [0.5, 0.6) is 5.75 Å². The minimum absolute atomic E-state index is 0.125. The Bertz CT molecular complexity index is 892. The summed E-state index contributed by atoms with van der Waals surface area (Å²) >= 11 is 0. The third-order valence-corrected chi connectivity index (χ3v) is 6.45. The van der Waals surface area contributed by atoms with Gasteiger partial charge in [-0.1, -0.05) is 17.7 Å². The van der Waals surface area contributed by atoms with Crippen molar-refractivity contribution in [3.63, 3.8) is 0 Å². The summed E-state index contributed by atoms with van der Waals surface area (Å²) in [6, 6.07) is 12.6. The van der Waals surface area contributed by atoms with Crippen molar-refractivity contribution >= 4 is 21.7 Å². The number of carbonyl (C=O) groups excluding carboxylic acids is 1. The number of rotatable bonds is 4. The van der Waals surface area contributed by atoms with Crippen LogP contribution in [0.4, 0.5) is 10.5 Å². The Morgan fingerprint density at radius 3 is 2.23 bits per heavy atom. The molecule has 1 aliphatic heterocycles. The van der Waals surface area contributed by atoms with Crippen LogP contribution in [-0.2, 0) is 10.0 Å². The van der Waals surface area contributed by atoms with E-state index in [0.717, 1.165) is 9.87 Å². The van der Waals surface area contributed by atoms with Gasteiger partial charge in [-0.2, -0.15) is 0 Å². The Labute approximate surface area is 154 Å². The number of sulfonamides is 1. The lowest BCUT2D eigenvalue weighted by Crippen LogP contribution is -2.55. The van der Waals surface area contributed by atoms with Crippen molar-refractivity contribution in [1.82, 2.24) is 4.31 Å². The van der Waals surface area contributed by atoms with Gasteiger partial charge in [-0.05, 0) is 56.7 Å². The van der Waals surface area contributed by atoms with Crippen LogP contribution in [0, 0.1) is 6.92 Å². The predicted molar refractivity (Wildman–Crippen MR) is 100 cm³/mol. The number of aryl methyl sites for hydroxylation is 1. The summed E-state index contributed by atoms with van der Waals surface area (Å²) in [5, 5.41) is 0. The van der Waals surface area contributed by atoms with Gasteiger partial charge in [0.15, 0.2) is 0 Å². The zero-order valence-electron chi connectivity index (χ0n) is 15.0. The lowest BCUT2D eigenvalue weighted by atomic mass is 10.1. The zero-order chi connectivity index (χ0) is 18.9. The topological polar surface area (TPSA) is 66.9 Å². The van der Waals surface area contributed by atoms with Crippen molar-refractivity contribution in [1.29, 1.82) is 0 Å². The predicted octanol–water partition coefficient (Wildman–Crippen LogP) is 3.41. The zero-order valence-corrected chi connectivity index (χ0v) is 15.9. The summed E-state index contributed by atoms with van der Waals surface area (Å²) in [6.07, 6.45) is 0.558. The molecule has 3 rings (SSSR count). The number of benzene rings is 2. The molecule has 1 fully saturated rings. The summed E-state index contributed by atoms with van der Waals surface area (Å²) in [6.45, 7) is 4.11. The highest BCUT2D eigenvalue weighted by atomic mass is 32.2. The van der Waals surface area contributed by atoms with Gasteiger partial charge in [0.2, 0.25) is 0 Å². The van der Waals surface area contributed by atoms with E-state index in [-0.39, 0.29) is 4.90 Å². The fraction of sp³-hybridized carbons (Fsp3) is 0.316. The average Bonchev–Trinajstić information content (AvgIpc) is 2.62. The second-order valence-corrected chi connectivity index (χ2v) is 8.20. The molecular formula is C19H22N2O4S. The molecule has 1 unspecified atom stereocenters. The van der Waals surface area contributed by atoms with E-state index in [2.05, 4.69) is 0 Å². The second-order valence-electron chi connectivity index (χ2n) is 6.38. The first kappa shape index (κ1) is 18.3. The summed E-state index contributed by atoms with van der Waals surface area (Å²) in [4.78, 5) is 14.6. The Morgan fingerprint density at radius 2 is 1.65 bits per heavy atom. The molecular weight excluding hydrogens is 352 g/mol. The summed E-state index contributed by atoms with van der Waals surface area (Å²) < 4.78 is 32.2. The van der Waals surface area contributed by atoms with Crippen molar-refractivity contribution in [2.45, 2.75) is 31.2 Å². The number of amides is 2. The molecule has 1 aliphatic rings. The lowest BCUT2D eigenvalue weighted by molar-refractivity contribution is 0.209. The van der Waals surface area contributed by atoms with E-state index in [1.807, 2.05) is 6.92 Å².